The maximum absolute atomic E-state index is 11.1. The van der Waals surface area contributed by atoms with Crippen molar-refractivity contribution in [1.29, 1.82) is 0 Å². The Morgan fingerprint density at radius 3 is 3.00 bits per heavy atom. The lowest BCUT2D eigenvalue weighted by molar-refractivity contribution is -0.105. The Morgan fingerprint density at radius 2 is 2.46 bits per heavy atom. The predicted octanol–water partition coefficient (Wildman–Crippen LogP) is -0.225. The lowest BCUT2D eigenvalue weighted by Gasteiger charge is -1.96. The lowest BCUT2D eigenvalue weighted by Crippen LogP contribution is -2.06. The standard InChI is InChI=1S/C7H9N3O3/c1-10-3-5(8-4-11)6(9-10)7(12)13-2/h3-4H,1-2H3,(H,8,11). The second kappa shape index (κ2) is 3.70. The molecule has 0 radical (unpaired) electrons. The van der Waals surface area contributed by atoms with E-state index in [9.17, 15) is 9.59 Å². The Balaban J connectivity index is 3.03. The van der Waals surface area contributed by atoms with E-state index in [1.165, 1.54) is 18.0 Å². The van der Waals surface area contributed by atoms with E-state index >= 15 is 0 Å². The van der Waals surface area contributed by atoms with E-state index in [-0.39, 0.29) is 5.69 Å². The van der Waals surface area contributed by atoms with Crippen LogP contribution in [0.5, 0.6) is 0 Å². The Labute approximate surface area is 74.5 Å². The molecule has 1 amide bonds. The molecule has 0 atom stereocenters. The van der Waals surface area contributed by atoms with E-state index in [0.717, 1.165) is 0 Å². The number of nitrogens with zero attached hydrogens (tertiary/aromatic N) is 2. The summed E-state index contributed by atoms with van der Waals surface area (Å²) in [6.07, 6.45) is 1.99. The quantitative estimate of drug-likeness (QED) is 0.519. The predicted molar refractivity (Wildman–Crippen MR) is 44.2 cm³/mol. The number of esters is 1. The van der Waals surface area contributed by atoms with E-state index in [4.69, 9.17) is 0 Å². The molecule has 1 aromatic rings. The number of nitrogens with one attached hydrogen (secondary N) is 1. The summed E-state index contributed by atoms with van der Waals surface area (Å²) < 4.78 is 5.88. The molecule has 0 bridgehead atoms. The molecule has 1 heterocycles. The molecule has 0 aliphatic rings. The van der Waals surface area contributed by atoms with Crippen molar-refractivity contribution < 1.29 is 14.3 Å². The number of hydrogen-bond acceptors (Lipinski definition) is 4. The van der Waals surface area contributed by atoms with Crippen molar-refractivity contribution in [1.82, 2.24) is 9.78 Å². The Bertz CT molecular complexity index is 332. The summed E-state index contributed by atoms with van der Waals surface area (Å²) >= 11 is 0. The van der Waals surface area contributed by atoms with Gasteiger partial charge in [-0.25, -0.2) is 4.79 Å². The van der Waals surface area contributed by atoms with Crippen LogP contribution in [0.3, 0.4) is 0 Å². The first-order chi connectivity index (χ1) is 6.19. The molecule has 6 nitrogen and oxygen atoms in total. The van der Waals surface area contributed by atoms with Gasteiger partial charge in [-0.3, -0.25) is 9.48 Å². The zero-order chi connectivity index (χ0) is 9.84. The molecule has 0 aromatic carbocycles. The number of rotatable bonds is 3. The van der Waals surface area contributed by atoms with Crippen LogP contribution >= 0.6 is 0 Å². The van der Waals surface area contributed by atoms with E-state index in [1.807, 2.05) is 0 Å². The third-order valence-corrected chi connectivity index (χ3v) is 1.42. The van der Waals surface area contributed by atoms with Gasteiger partial charge in [0.05, 0.1) is 12.8 Å². The van der Waals surface area contributed by atoms with Gasteiger partial charge in [0, 0.05) is 13.2 Å². The SMILES string of the molecule is COC(=O)c1nn(C)cc1NC=O. The smallest absolute Gasteiger partial charge is 0.360 e. The molecule has 1 aromatic heterocycles. The van der Waals surface area contributed by atoms with Crippen molar-refractivity contribution in [2.24, 2.45) is 7.05 Å². The fourth-order valence-electron chi connectivity index (χ4n) is 0.905. The lowest BCUT2D eigenvalue weighted by atomic mass is 10.4. The van der Waals surface area contributed by atoms with E-state index in [0.29, 0.717) is 12.1 Å². The van der Waals surface area contributed by atoms with Crippen molar-refractivity contribution in [3.63, 3.8) is 0 Å². The van der Waals surface area contributed by atoms with Gasteiger partial charge < -0.3 is 10.1 Å². The average molecular weight is 183 g/mol. The fourth-order valence-corrected chi connectivity index (χ4v) is 0.905. The molecular weight excluding hydrogens is 174 g/mol. The zero-order valence-electron chi connectivity index (χ0n) is 7.27. The summed E-state index contributed by atoms with van der Waals surface area (Å²) in [6.45, 7) is 0. The van der Waals surface area contributed by atoms with Crippen LogP contribution in [-0.4, -0.2) is 29.3 Å². The van der Waals surface area contributed by atoms with E-state index in [1.54, 1.807) is 7.05 Å². The molecule has 13 heavy (non-hydrogen) atoms. The van der Waals surface area contributed by atoms with Crippen molar-refractivity contribution in [2.75, 3.05) is 12.4 Å². The molecular formula is C7H9N3O3. The first kappa shape index (κ1) is 9.24. The van der Waals surface area contributed by atoms with Crippen LogP contribution in [0.15, 0.2) is 6.20 Å². The molecule has 0 saturated carbocycles. The molecule has 0 spiro atoms. The van der Waals surface area contributed by atoms with Crippen LogP contribution in [0.25, 0.3) is 0 Å². The molecule has 0 aliphatic heterocycles. The summed E-state index contributed by atoms with van der Waals surface area (Å²) in [4.78, 5) is 21.2. The highest BCUT2D eigenvalue weighted by molar-refractivity contribution is 5.95. The number of hydrogen-bond donors (Lipinski definition) is 1. The number of aryl methyl sites for hydroxylation is 1. The number of amides is 1. The van der Waals surface area contributed by atoms with Crippen molar-refractivity contribution in [3.8, 4) is 0 Å². The van der Waals surface area contributed by atoms with Crippen LogP contribution in [0.4, 0.5) is 5.69 Å². The summed E-state index contributed by atoms with van der Waals surface area (Å²) in [5, 5.41) is 6.17. The van der Waals surface area contributed by atoms with Gasteiger partial charge in [-0.15, -0.1) is 0 Å². The molecule has 1 N–H and O–H groups in total. The monoisotopic (exact) mass is 183 g/mol. The maximum Gasteiger partial charge on any atom is 0.360 e. The van der Waals surface area contributed by atoms with Crippen LogP contribution in [0, 0.1) is 0 Å². The average Bonchev–Trinajstić information content (AvgIpc) is 2.46. The summed E-state index contributed by atoms with van der Waals surface area (Å²) in [5.74, 6) is -0.579. The molecule has 0 fully saturated rings. The molecule has 1 rings (SSSR count). The van der Waals surface area contributed by atoms with Gasteiger partial charge in [-0.2, -0.15) is 5.10 Å². The number of ether oxygens (including phenoxy) is 1. The number of methoxy groups -OCH3 is 1. The highest BCUT2D eigenvalue weighted by Crippen LogP contribution is 2.12. The van der Waals surface area contributed by atoms with Gasteiger partial charge in [0.1, 0.15) is 0 Å². The summed E-state index contributed by atoms with van der Waals surface area (Å²) in [5.41, 5.74) is 0.432. The molecule has 0 unspecified atom stereocenters. The van der Waals surface area contributed by atoms with Crippen LogP contribution < -0.4 is 5.32 Å². The Kier molecular flexibility index (Phi) is 2.63. The third-order valence-electron chi connectivity index (χ3n) is 1.42. The first-order valence-electron chi connectivity index (χ1n) is 3.51. The normalized spacial score (nSPS) is 9.38. The van der Waals surface area contributed by atoms with Gasteiger partial charge in [-0.1, -0.05) is 0 Å². The highest BCUT2D eigenvalue weighted by Gasteiger charge is 2.15. The Hall–Kier alpha value is -1.85. The zero-order valence-corrected chi connectivity index (χ0v) is 7.27. The van der Waals surface area contributed by atoms with Gasteiger partial charge >= 0.3 is 5.97 Å². The fraction of sp³-hybridized carbons (Fsp3) is 0.286. The first-order valence-corrected chi connectivity index (χ1v) is 3.51. The second-order valence-corrected chi connectivity index (χ2v) is 2.32. The van der Waals surface area contributed by atoms with Crippen LogP contribution in [-0.2, 0) is 16.6 Å². The molecule has 0 saturated heterocycles. The molecule has 0 aliphatic carbocycles. The van der Waals surface area contributed by atoms with Gasteiger partial charge in [0.25, 0.3) is 0 Å². The summed E-state index contributed by atoms with van der Waals surface area (Å²) in [6, 6.07) is 0. The minimum absolute atomic E-state index is 0.0945. The van der Waals surface area contributed by atoms with Crippen LogP contribution in [0.2, 0.25) is 0 Å². The number of aromatic nitrogens is 2. The number of carbonyl (C=O) groups is 2. The largest absolute Gasteiger partial charge is 0.464 e. The third kappa shape index (κ3) is 1.84. The van der Waals surface area contributed by atoms with E-state index in [2.05, 4.69) is 15.2 Å². The molecule has 6 heteroatoms. The summed E-state index contributed by atoms with van der Waals surface area (Å²) in [7, 11) is 2.89. The van der Waals surface area contributed by atoms with Crippen molar-refractivity contribution >= 4 is 18.1 Å². The number of carbonyl (C=O) groups excluding carboxylic acids is 2. The van der Waals surface area contributed by atoms with Gasteiger partial charge in [0.2, 0.25) is 6.41 Å². The minimum Gasteiger partial charge on any atom is -0.464 e. The van der Waals surface area contributed by atoms with Gasteiger partial charge in [-0.05, 0) is 0 Å². The van der Waals surface area contributed by atoms with Crippen molar-refractivity contribution in [2.45, 2.75) is 0 Å². The van der Waals surface area contributed by atoms with Crippen molar-refractivity contribution in [3.05, 3.63) is 11.9 Å². The van der Waals surface area contributed by atoms with Crippen LogP contribution in [0.1, 0.15) is 10.5 Å². The minimum atomic E-state index is -0.579. The van der Waals surface area contributed by atoms with Gasteiger partial charge in [0.15, 0.2) is 5.69 Å². The Morgan fingerprint density at radius 1 is 1.77 bits per heavy atom. The maximum atomic E-state index is 11.1. The second-order valence-electron chi connectivity index (χ2n) is 2.32. The number of anilines is 1. The van der Waals surface area contributed by atoms with E-state index < -0.39 is 5.97 Å². The molecule has 70 valence electrons. The highest BCUT2D eigenvalue weighted by atomic mass is 16.5. The topological polar surface area (TPSA) is 73.2 Å².